The van der Waals surface area contributed by atoms with E-state index in [1.54, 1.807) is 34.1 Å². The lowest BCUT2D eigenvalue weighted by atomic mass is 10.1. The van der Waals surface area contributed by atoms with E-state index in [1.807, 2.05) is 32.0 Å². The van der Waals surface area contributed by atoms with Crippen LogP contribution in [0.25, 0.3) is 0 Å². The number of piperazine rings is 1. The van der Waals surface area contributed by atoms with Crippen molar-refractivity contribution in [2.45, 2.75) is 20.3 Å². The van der Waals surface area contributed by atoms with Crippen molar-refractivity contribution in [3.63, 3.8) is 0 Å². The molecule has 0 spiro atoms. The summed E-state index contributed by atoms with van der Waals surface area (Å²) >= 11 is 0. The van der Waals surface area contributed by atoms with Crippen LogP contribution in [0.5, 0.6) is 0 Å². The molecule has 4 amide bonds. The summed E-state index contributed by atoms with van der Waals surface area (Å²) in [4.78, 5) is 54.9. The van der Waals surface area contributed by atoms with Crippen LogP contribution in [-0.2, 0) is 4.79 Å². The summed E-state index contributed by atoms with van der Waals surface area (Å²) in [6.07, 6.45) is 0.0799. The molecule has 0 aromatic heterocycles. The van der Waals surface area contributed by atoms with Gasteiger partial charge in [0.2, 0.25) is 5.91 Å². The Balaban J connectivity index is 1.30. The molecule has 0 bridgehead atoms. The number of amides is 4. The molecule has 31 heavy (non-hydrogen) atoms. The van der Waals surface area contributed by atoms with Crippen LogP contribution in [0.15, 0.2) is 42.5 Å². The summed E-state index contributed by atoms with van der Waals surface area (Å²) in [5, 5.41) is 0. The molecule has 0 unspecified atom stereocenters. The van der Waals surface area contributed by atoms with E-state index in [0.717, 1.165) is 16.0 Å². The normalized spacial score (nSPS) is 16.0. The number of rotatable bonds is 4. The van der Waals surface area contributed by atoms with Crippen molar-refractivity contribution in [3.05, 3.63) is 70.3 Å². The highest BCUT2D eigenvalue weighted by Gasteiger charge is 2.35. The van der Waals surface area contributed by atoms with Crippen LogP contribution in [0.2, 0.25) is 0 Å². The molecule has 4 rings (SSSR count). The van der Waals surface area contributed by atoms with E-state index in [9.17, 15) is 19.2 Å². The van der Waals surface area contributed by atoms with Gasteiger partial charge >= 0.3 is 0 Å². The molecule has 0 N–H and O–H groups in total. The summed E-state index contributed by atoms with van der Waals surface area (Å²) in [5.74, 6) is -0.842. The van der Waals surface area contributed by atoms with Crippen molar-refractivity contribution < 1.29 is 19.2 Å². The van der Waals surface area contributed by atoms with E-state index < -0.39 is 0 Å². The maximum atomic E-state index is 12.8. The Morgan fingerprint density at radius 1 is 0.806 bits per heavy atom. The third kappa shape index (κ3) is 3.95. The molecular formula is C24H25N3O4. The van der Waals surface area contributed by atoms with E-state index in [2.05, 4.69) is 0 Å². The number of benzene rings is 2. The highest BCUT2D eigenvalue weighted by Crippen LogP contribution is 2.22. The predicted octanol–water partition coefficient (Wildman–Crippen LogP) is 2.27. The third-order valence-corrected chi connectivity index (χ3v) is 6.10. The van der Waals surface area contributed by atoms with Crippen molar-refractivity contribution in [2.24, 2.45) is 0 Å². The molecule has 2 aromatic rings. The van der Waals surface area contributed by atoms with Gasteiger partial charge in [-0.3, -0.25) is 24.1 Å². The highest BCUT2D eigenvalue weighted by molar-refractivity contribution is 6.21. The molecule has 7 heteroatoms. The molecule has 160 valence electrons. The van der Waals surface area contributed by atoms with Gasteiger partial charge in [-0.15, -0.1) is 0 Å². The lowest BCUT2D eigenvalue weighted by molar-refractivity contribution is -0.132. The summed E-state index contributed by atoms with van der Waals surface area (Å²) in [6.45, 7) is 5.87. The first-order valence-electron chi connectivity index (χ1n) is 10.5. The molecule has 0 atom stereocenters. The monoisotopic (exact) mass is 419 g/mol. The molecular weight excluding hydrogens is 394 g/mol. The van der Waals surface area contributed by atoms with E-state index >= 15 is 0 Å². The van der Waals surface area contributed by atoms with Crippen LogP contribution >= 0.6 is 0 Å². The molecule has 2 heterocycles. The van der Waals surface area contributed by atoms with Crippen molar-refractivity contribution in [1.29, 1.82) is 0 Å². The minimum absolute atomic E-state index is 0.0266. The smallest absolute Gasteiger partial charge is 0.261 e. The molecule has 1 fully saturated rings. The second-order valence-electron chi connectivity index (χ2n) is 8.03. The number of nitrogens with zero attached hydrogens (tertiary/aromatic N) is 3. The van der Waals surface area contributed by atoms with Gasteiger partial charge in [-0.1, -0.05) is 18.2 Å². The Bertz CT molecular complexity index is 1040. The Kier molecular flexibility index (Phi) is 5.59. The maximum Gasteiger partial charge on any atom is 0.261 e. The Morgan fingerprint density at radius 2 is 1.39 bits per heavy atom. The first-order valence-corrected chi connectivity index (χ1v) is 10.5. The Morgan fingerprint density at radius 3 is 1.97 bits per heavy atom. The van der Waals surface area contributed by atoms with Crippen LogP contribution in [-0.4, -0.2) is 71.1 Å². The third-order valence-electron chi connectivity index (χ3n) is 6.10. The van der Waals surface area contributed by atoms with E-state index in [1.165, 1.54) is 0 Å². The van der Waals surface area contributed by atoms with Crippen molar-refractivity contribution in [2.75, 3.05) is 32.7 Å². The second-order valence-corrected chi connectivity index (χ2v) is 8.03. The zero-order valence-corrected chi connectivity index (χ0v) is 17.8. The highest BCUT2D eigenvalue weighted by atomic mass is 16.2. The van der Waals surface area contributed by atoms with Gasteiger partial charge in [0.15, 0.2) is 0 Å². The van der Waals surface area contributed by atoms with Crippen LogP contribution in [0, 0.1) is 13.8 Å². The largest absolute Gasteiger partial charge is 0.339 e. The van der Waals surface area contributed by atoms with Gasteiger partial charge in [0, 0.05) is 44.7 Å². The maximum absolute atomic E-state index is 12.8. The predicted molar refractivity (Wildman–Crippen MR) is 115 cm³/mol. The van der Waals surface area contributed by atoms with Gasteiger partial charge in [0.1, 0.15) is 0 Å². The van der Waals surface area contributed by atoms with Crippen LogP contribution in [0.1, 0.15) is 48.6 Å². The fraction of sp³-hybridized carbons (Fsp3) is 0.333. The van der Waals surface area contributed by atoms with Gasteiger partial charge in [-0.2, -0.15) is 0 Å². The fourth-order valence-corrected chi connectivity index (χ4v) is 4.02. The first kappa shape index (κ1) is 20.8. The molecule has 2 aliphatic rings. The zero-order valence-electron chi connectivity index (χ0n) is 17.8. The zero-order chi connectivity index (χ0) is 22.1. The van der Waals surface area contributed by atoms with E-state index in [4.69, 9.17) is 0 Å². The SMILES string of the molecule is Cc1ccc(C(=O)N2CCN(C(=O)CCN3C(=O)c4ccccc4C3=O)CC2)cc1C. The van der Waals surface area contributed by atoms with Gasteiger partial charge in [-0.05, 0) is 49.2 Å². The topological polar surface area (TPSA) is 78.0 Å². The number of carbonyl (C=O) groups is 4. The van der Waals surface area contributed by atoms with Gasteiger partial charge in [0.25, 0.3) is 17.7 Å². The molecule has 1 saturated heterocycles. The van der Waals surface area contributed by atoms with E-state index in [-0.39, 0.29) is 36.6 Å². The van der Waals surface area contributed by atoms with E-state index in [0.29, 0.717) is 42.9 Å². The van der Waals surface area contributed by atoms with Gasteiger partial charge in [0.05, 0.1) is 11.1 Å². The number of aryl methyl sites for hydroxylation is 2. The summed E-state index contributed by atoms with van der Waals surface area (Å²) in [7, 11) is 0. The minimum Gasteiger partial charge on any atom is -0.339 e. The standard InChI is InChI=1S/C24H25N3O4/c1-16-7-8-18(15-17(16)2)22(29)26-13-11-25(12-14-26)21(28)9-10-27-23(30)19-5-3-4-6-20(19)24(27)31/h3-8,15H,9-14H2,1-2H3. The number of carbonyl (C=O) groups excluding carboxylic acids is 4. The molecule has 0 aliphatic carbocycles. The van der Waals surface area contributed by atoms with Gasteiger partial charge in [-0.25, -0.2) is 0 Å². The number of hydrogen-bond acceptors (Lipinski definition) is 4. The number of imide groups is 1. The summed E-state index contributed by atoms with van der Waals surface area (Å²) in [5.41, 5.74) is 3.66. The summed E-state index contributed by atoms with van der Waals surface area (Å²) in [6, 6.07) is 12.4. The average molecular weight is 419 g/mol. The van der Waals surface area contributed by atoms with Crippen molar-refractivity contribution in [1.82, 2.24) is 14.7 Å². The second kappa shape index (κ2) is 8.34. The lowest BCUT2D eigenvalue weighted by Crippen LogP contribution is -2.51. The fourth-order valence-electron chi connectivity index (χ4n) is 4.02. The Labute approximate surface area is 181 Å². The van der Waals surface area contributed by atoms with Crippen LogP contribution < -0.4 is 0 Å². The van der Waals surface area contributed by atoms with Crippen LogP contribution in [0.3, 0.4) is 0 Å². The molecule has 2 aliphatic heterocycles. The molecule has 0 saturated carbocycles. The number of fused-ring (bicyclic) bond motifs is 1. The number of hydrogen-bond donors (Lipinski definition) is 0. The summed E-state index contributed by atoms with van der Waals surface area (Å²) < 4.78 is 0. The van der Waals surface area contributed by atoms with Crippen molar-refractivity contribution >= 4 is 23.6 Å². The minimum atomic E-state index is -0.350. The lowest BCUT2D eigenvalue weighted by Gasteiger charge is -2.35. The molecule has 2 aromatic carbocycles. The first-order chi connectivity index (χ1) is 14.9. The van der Waals surface area contributed by atoms with Crippen LogP contribution in [0.4, 0.5) is 0 Å². The molecule has 0 radical (unpaired) electrons. The van der Waals surface area contributed by atoms with Crippen molar-refractivity contribution in [3.8, 4) is 0 Å². The quantitative estimate of drug-likeness (QED) is 0.713. The molecule has 7 nitrogen and oxygen atoms in total. The average Bonchev–Trinajstić information content (AvgIpc) is 3.03. The Hall–Kier alpha value is -3.48. The van der Waals surface area contributed by atoms with Gasteiger partial charge < -0.3 is 9.80 Å².